The lowest BCUT2D eigenvalue weighted by Crippen LogP contribution is -2.50. The molecule has 44 heavy (non-hydrogen) atoms. The van der Waals surface area contributed by atoms with Crippen LogP contribution in [-0.4, -0.2) is 65.4 Å². The van der Waals surface area contributed by atoms with E-state index in [1.54, 1.807) is 20.5 Å². The zero-order chi connectivity index (χ0) is 30.8. The summed E-state index contributed by atoms with van der Waals surface area (Å²) in [5.74, 6) is 2.13. The molecule has 2 aromatic heterocycles. The Morgan fingerprint density at radius 3 is 2.23 bits per heavy atom. The van der Waals surface area contributed by atoms with E-state index in [0.29, 0.717) is 35.4 Å². The summed E-state index contributed by atoms with van der Waals surface area (Å²) in [4.78, 5) is 17.7. The monoisotopic (exact) mass is 639 g/mol. The van der Waals surface area contributed by atoms with Gasteiger partial charge in [0.15, 0.2) is 16.6 Å². The molecule has 5 aromatic rings. The van der Waals surface area contributed by atoms with Gasteiger partial charge >= 0.3 is 6.18 Å². The van der Waals surface area contributed by atoms with Gasteiger partial charge in [-0.15, -0.1) is 0 Å². The molecule has 14 heteroatoms. The van der Waals surface area contributed by atoms with Gasteiger partial charge in [-0.25, -0.2) is 9.97 Å². The summed E-state index contributed by atoms with van der Waals surface area (Å²) in [6.07, 6.45) is -2.78. The van der Waals surface area contributed by atoms with Gasteiger partial charge in [0.05, 0.1) is 30.7 Å². The first-order valence-electron chi connectivity index (χ1n) is 13.6. The first-order chi connectivity index (χ1) is 21.2. The minimum Gasteiger partial charge on any atom is -0.493 e. The Balaban J connectivity index is 1.06. The number of piperazine rings is 1. The van der Waals surface area contributed by atoms with E-state index in [9.17, 15) is 13.2 Å². The summed E-state index contributed by atoms with van der Waals surface area (Å²) in [7, 11) is 3.22. The van der Waals surface area contributed by atoms with Gasteiger partial charge in [-0.1, -0.05) is 0 Å². The topological polar surface area (TPSA) is 90.6 Å². The highest BCUT2D eigenvalue weighted by molar-refractivity contribution is 8.00. The average Bonchev–Trinajstić information content (AvgIpc) is 3.41. The van der Waals surface area contributed by atoms with E-state index in [4.69, 9.17) is 21.7 Å². The Morgan fingerprint density at radius 1 is 0.909 bits per heavy atom. The molecule has 0 unspecified atom stereocenters. The van der Waals surface area contributed by atoms with E-state index >= 15 is 0 Å². The number of anilines is 3. The van der Waals surface area contributed by atoms with Crippen molar-refractivity contribution < 1.29 is 22.6 Å². The number of nitrogens with zero attached hydrogens (tertiary/aromatic N) is 4. The Morgan fingerprint density at radius 2 is 1.57 bits per heavy atom. The van der Waals surface area contributed by atoms with Crippen LogP contribution in [0.25, 0.3) is 21.9 Å². The van der Waals surface area contributed by atoms with Gasteiger partial charge in [0.2, 0.25) is 0 Å². The second-order valence-electron chi connectivity index (χ2n) is 10.0. The SMILES string of the molecule is COc1cc2[nH]c3ncnc(N4CCN(C(=S)Nc5ccc(SNc6ccc(C(F)(F)F)cc6)cc5)CC4)c3c2cc1OC. The number of H-pyrrole nitrogens is 1. The fraction of sp³-hybridized carbons (Fsp3) is 0.233. The number of hydrogen-bond donors (Lipinski definition) is 3. The Labute approximate surface area is 260 Å². The summed E-state index contributed by atoms with van der Waals surface area (Å²) in [5, 5.41) is 5.83. The summed E-state index contributed by atoms with van der Waals surface area (Å²) in [6, 6.07) is 16.4. The molecule has 0 amide bonds. The van der Waals surface area contributed by atoms with Gasteiger partial charge in [0.25, 0.3) is 0 Å². The zero-order valence-corrected chi connectivity index (χ0v) is 25.4. The lowest BCUT2D eigenvalue weighted by molar-refractivity contribution is -0.137. The second kappa shape index (κ2) is 12.3. The molecule has 0 atom stereocenters. The largest absolute Gasteiger partial charge is 0.493 e. The molecule has 1 aliphatic heterocycles. The number of rotatable bonds is 7. The molecule has 1 saturated heterocycles. The smallest absolute Gasteiger partial charge is 0.416 e. The molecule has 0 aliphatic carbocycles. The highest BCUT2D eigenvalue weighted by Crippen LogP contribution is 2.38. The van der Waals surface area contributed by atoms with Gasteiger partial charge in [-0.3, -0.25) is 0 Å². The van der Waals surface area contributed by atoms with Gasteiger partial charge in [-0.2, -0.15) is 13.2 Å². The molecule has 0 radical (unpaired) electrons. The van der Waals surface area contributed by atoms with Crippen molar-refractivity contribution in [1.29, 1.82) is 0 Å². The van der Waals surface area contributed by atoms with E-state index in [1.807, 2.05) is 36.4 Å². The maximum atomic E-state index is 12.8. The number of aromatic amines is 1. The number of aromatic nitrogens is 3. The van der Waals surface area contributed by atoms with Crippen LogP contribution in [0.4, 0.5) is 30.4 Å². The molecule has 0 spiro atoms. The zero-order valence-electron chi connectivity index (χ0n) is 23.7. The van der Waals surface area contributed by atoms with Crippen LogP contribution in [0.15, 0.2) is 71.9 Å². The van der Waals surface area contributed by atoms with Crippen LogP contribution in [0.5, 0.6) is 11.5 Å². The molecule has 9 nitrogen and oxygen atoms in total. The number of ether oxygens (including phenoxy) is 2. The lowest BCUT2D eigenvalue weighted by Gasteiger charge is -2.37. The van der Waals surface area contributed by atoms with Gasteiger partial charge in [0, 0.05) is 53.9 Å². The first kappa shape index (κ1) is 29.6. The van der Waals surface area contributed by atoms with Crippen LogP contribution in [0.2, 0.25) is 0 Å². The van der Waals surface area contributed by atoms with Crippen molar-refractivity contribution in [3.8, 4) is 11.5 Å². The fourth-order valence-corrected chi connectivity index (χ4v) is 6.00. The van der Waals surface area contributed by atoms with E-state index in [-0.39, 0.29) is 0 Å². The molecule has 1 aliphatic rings. The Bertz CT molecular complexity index is 1790. The summed E-state index contributed by atoms with van der Waals surface area (Å²) < 4.78 is 52.4. The molecule has 0 bridgehead atoms. The molecular weight excluding hydrogens is 612 g/mol. The maximum Gasteiger partial charge on any atom is 0.416 e. The number of methoxy groups -OCH3 is 2. The number of thiocarbonyl (C=S) groups is 1. The number of nitrogens with one attached hydrogen (secondary N) is 3. The predicted molar refractivity (Wildman–Crippen MR) is 172 cm³/mol. The van der Waals surface area contributed by atoms with Crippen molar-refractivity contribution in [3.05, 3.63) is 72.6 Å². The quantitative estimate of drug-likeness (QED) is 0.131. The molecule has 3 N–H and O–H groups in total. The third-order valence-corrected chi connectivity index (χ3v) is 8.55. The first-order valence-corrected chi connectivity index (χ1v) is 14.9. The second-order valence-corrected chi connectivity index (χ2v) is 11.3. The van der Waals surface area contributed by atoms with Gasteiger partial charge in [-0.05, 0) is 78.8 Å². The standard InChI is InChI=1S/C30H28F3N7O2S2/c1-41-24-15-22-23(16-25(24)42-2)37-27-26(22)28(35-17-34-27)39-11-13-40(14-12-39)29(43)36-19-7-9-21(10-8-19)44-38-20-5-3-18(4-6-20)30(31,32)33/h3-10,15-17,38H,11-14H2,1-2H3,(H,36,43)(H,34,35,37). The minimum atomic E-state index is -4.35. The van der Waals surface area contributed by atoms with Crippen LogP contribution in [0.3, 0.4) is 0 Å². The normalized spacial score (nSPS) is 13.8. The summed E-state index contributed by atoms with van der Waals surface area (Å²) >= 11 is 7.03. The van der Waals surface area contributed by atoms with Crippen molar-refractivity contribution in [2.24, 2.45) is 0 Å². The van der Waals surface area contributed by atoms with Crippen molar-refractivity contribution in [2.75, 3.05) is 55.3 Å². The van der Waals surface area contributed by atoms with E-state index in [0.717, 1.165) is 63.6 Å². The fourth-order valence-electron chi connectivity index (χ4n) is 5.05. The molecule has 228 valence electrons. The van der Waals surface area contributed by atoms with E-state index < -0.39 is 11.7 Å². The van der Waals surface area contributed by atoms with Crippen LogP contribution in [0, 0.1) is 0 Å². The summed E-state index contributed by atoms with van der Waals surface area (Å²) in [6.45, 7) is 2.86. The molecule has 3 aromatic carbocycles. The number of benzene rings is 3. The number of fused-ring (bicyclic) bond motifs is 3. The van der Waals surface area contributed by atoms with Crippen molar-refractivity contribution in [1.82, 2.24) is 19.9 Å². The van der Waals surface area contributed by atoms with Crippen molar-refractivity contribution >= 4 is 68.4 Å². The van der Waals surface area contributed by atoms with Crippen LogP contribution in [0.1, 0.15) is 5.56 Å². The predicted octanol–water partition coefficient (Wildman–Crippen LogP) is 6.79. The van der Waals surface area contributed by atoms with Crippen molar-refractivity contribution in [3.63, 3.8) is 0 Å². The van der Waals surface area contributed by atoms with E-state index in [1.165, 1.54) is 24.1 Å². The highest BCUT2D eigenvalue weighted by atomic mass is 32.2. The van der Waals surface area contributed by atoms with Crippen molar-refractivity contribution in [2.45, 2.75) is 11.1 Å². The number of hydrogen-bond acceptors (Lipinski definition) is 8. The Hall–Kier alpha value is -4.43. The van der Waals surface area contributed by atoms with Gasteiger partial charge < -0.3 is 34.3 Å². The van der Waals surface area contributed by atoms with Crippen LogP contribution in [-0.2, 0) is 6.18 Å². The maximum absolute atomic E-state index is 12.8. The third kappa shape index (κ3) is 6.13. The minimum absolute atomic E-state index is 0.581. The van der Waals surface area contributed by atoms with Crippen LogP contribution >= 0.6 is 24.2 Å². The molecular formula is C30H28F3N7O2S2. The average molecular weight is 640 g/mol. The molecule has 0 saturated carbocycles. The molecule has 1 fully saturated rings. The highest BCUT2D eigenvalue weighted by Gasteiger charge is 2.30. The third-order valence-electron chi connectivity index (χ3n) is 7.34. The Kier molecular flexibility index (Phi) is 8.27. The summed E-state index contributed by atoms with van der Waals surface area (Å²) in [5.41, 5.74) is 2.39. The van der Waals surface area contributed by atoms with Gasteiger partial charge in [0.1, 0.15) is 17.8 Å². The number of alkyl halides is 3. The molecule has 6 rings (SSSR count). The lowest BCUT2D eigenvalue weighted by atomic mass is 10.1. The van der Waals surface area contributed by atoms with E-state index in [2.05, 4.69) is 34.8 Å². The number of halogens is 3. The molecule has 3 heterocycles. The van der Waals surface area contributed by atoms with Crippen LogP contribution < -0.4 is 24.4 Å².